The third-order valence-corrected chi connectivity index (χ3v) is 13.8. The molecule has 2 aromatic carbocycles. The Labute approximate surface area is 394 Å². The van der Waals surface area contributed by atoms with Gasteiger partial charge in [-0.2, -0.15) is 4.98 Å². The molecule has 2 bridgehead atoms. The van der Waals surface area contributed by atoms with E-state index in [1.54, 1.807) is 6.07 Å². The lowest BCUT2D eigenvalue weighted by Gasteiger charge is -2.54. The van der Waals surface area contributed by atoms with Crippen LogP contribution in [0.25, 0.3) is 22.1 Å². The number of carboxylic acids is 1. The first-order valence-electron chi connectivity index (χ1n) is 23.4. The van der Waals surface area contributed by atoms with Gasteiger partial charge in [-0.3, -0.25) is 28.8 Å². The monoisotopic (exact) mass is 940 g/mol. The molecule has 3 fully saturated rings. The number of pyridine rings is 1. The Hall–Kier alpha value is -6.15. The van der Waals surface area contributed by atoms with Crippen molar-refractivity contribution in [2.24, 2.45) is 17.6 Å². The third-order valence-electron chi connectivity index (χ3n) is 13.8. The van der Waals surface area contributed by atoms with Gasteiger partial charge in [-0.1, -0.05) is 45.4 Å². The van der Waals surface area contributed by atoms with Crippen LogP contribution in [0.2, 0.25) is 0 Å². The number of nitrogen functional groups attached to an aromatic ring is 1. The summed E-state index contributed by atoms with van der Waals surface area (Å²) >= 11 is 0. The molecule has 0 amide bonds. The number of carbonyl (C=O) groups excluding carboxylic acids is 1. The average Bonchev–Trinajstić information content (AvgIpc) is 4.07. The predicted octanol–water partition coefficient (Wildman–Crippen LogP) is 4.67. The lowest BCUT2D eigenvalue weighted by molar-refractivity contribution is -0.148. The minimum absolute atomic E-state index is 0.000790. The maximum Gasteiger partial charge on any atom is 0.341 e. The second-order valence-electron chi connectivity index (χ2n) is 19.0. The number of anilines is 2. The summed E-state index contributed by atoms with van der Waals surface area (Å²) in [5, 5.41) is 22.5. The Kier molecular flexibility index (Phi) is 15.4. The predicted molar refractivity (Wildman–Crippen MR) is 259 cm³/mol. The van der Waals surface area contributed by atoms with Gasteiger partial charge >= 0.3 is 11.9 Å². The van der Waals surface area contributed by atoms with Gasteiger partial charge in [0.1, 0.15) is 36.5 Å². The summed E-state index contributed by atoms with van der Waals surface area (Å²) in [5.41, 5.74) is 15.8. The summed E-state index contributed by atoms with van der Waals surface area (Å²) in [6, 6.07) is 9.03. The zero-order valence-corrected chi connectivity index (χ0v) is 39.8. The number of H-pyrrole nitrogens is 1. The minimum atomic E-state index is -1.28. The van der Waals surface area contributed by atoms with E-state index < -0.39 is 34.8 Å². The van der Waals surface area contributed by atoms with Crippen LogP contribution >= 0.6 is 0 Å². The molecular formula is C49H65FN10O8. The molecule has 18 nitrogen and oxygen atoms in total. The number of carbonyl (C=O) groups is 2. The van der Waals surface area contributed by atoms with Crippen molar-refractivity contribution in [1.82, 2.24) is 34.3 Å². The van der Waals surface area contributed by atoms with E-state index in [1.807, 2.05) is 35.4 Å². The topological polar surface area (TPSA) is 249 Å². The van der Waals surface area contributed by atoms with Crippen molar-refractivity contribution in [1.29, 1.82) is 0 Å². The lowest BCUT2D eigenvalue weighted by Crippen LogP contribution is -2.57. The van der Waals surface area contributed by atoms with Crippen LogP contribution in [0.15, 0.2) is 64.1 Å². The van der Waals surface area contributed by atoms with Crippen LogP contribution in [0.3, 0.4) is 0 Å². The van der Waals surface area contributed by atoms with Crippen LogP contribution in [-0.2, 0) is 32.8 Å². The number of aromatic amines is 1. The molecule has 9 rings (SSSR count). The number of imidazole rings is 1. The summed E-state index contributed by atoms with van der Waals surface area (Å²) in [6.07, 6.45) is 9.36. The van der Waals surface area contributed by atoms with Crippen molar-refractivity contribution in [2.45, 2.75) is 97.5 Å². The van der Waals surface area contributed by atoms with Gasteiger partial charge in [0.25, 0.3) is 5.56 Å². The average molecular weight is 941 g/mol. The van der Waals surface area contributed by atoms with Crippen LogP contribution in [0.4, 0.5) is 16.0 Å². The zero-order valence-electron chi connectivity index (χ0n) is 39.8. The number of nitrogens with two attached hydrogens (primary N) is 2. The number of hydrogen-bond acceptors (Lipinski definition) is 14. The number of rotatable bonds is 12. The summed E-state index contributed by atoms with van der Waals surface area (Å²) < 4.78 is 28.3. The molecule has 5 heterocycles. The van der Waals surface area contributed by atoms with Gasteiger partial charge in [-0.15, -0.1) is 0 Å². The number of likely N-dealkylation sites (tertiary alicyclic amines) is 1. The minimum Gasteiger partial charge on any atom is -0.508 e. The molecule has 2 aliphatic heterocycles. The standard InChI is InChI=1S/C19H27NO.C17H18FN3O3.C13H20N6O4/c1-13(2)7-9-20-10-8-19(4)14(3)18(20)11-15-5-6-16(21)12-17(15)19;18-13-7-11-14(8-15(13)20-5-3-19-4-6-20)21(10-1-2-10)9-12(16(11)22)17(23)24;1-7(2)8(14)12(21)23-4-3-22-6-19-5-16-9-10(19)17-13(15)18-11(9)20/h5-7,12,14,18,21H,8-11H2,1-4H3;7-10,19H,1-6H2,(H,23,24);5,7-8H,3-4,6,14H2,1-2H3,(H3,15,17,18,20)/t14-,18+,19+;;8-/m0.0/s1. The van der Waals surface area contributed by atoms with Crippen LogP contribution in [-0.4, -0.2) is 116 Å². The first-order valence-corrected chi connectivity index (χ1v) is 23.4. The van der Waals surface area contributed by atoms with Crippen LogP contribution < -0.4 is 32.7 Å². The van der Waals surface area contributed by atoms with E-state index in [9.17, 15) is 33.8 Å². The Morgan fingerprint density at radius 1 is 1.09 bits per heavy atom. The number of fused-ring (bicyclic) bond motifs is 6. The lowest BCUT2D eigenvalue weighted by atomic mass is 9.59. The number of aromatic nitrogens is 5. The molecule has 3 aromatic heterocycles. The molecule has 8 N–H and O–H groups in total. The number of carboxylic acid groups (broad SMARTS) is 1. The van der Waals surface area contributed by atoms with E-state index in [1.165, 1.54) is 46.3 Å². The third kappa shape index (κ3) is 10.9. The molecule has 0 unspecified atom stereocenters. The summed E-state index contributed by atoms with van der Waals surface area (Å²) in [5.74, 6) is -1.16. The molecule has 0 radical (unpaired) electrons. The van der Waals surface area contributed by atoms with Crippen LogP contribution in [0.1, 0.15) is 88.3 Å². The molecule has 2 aliphatic carbocycles. The molecule has 4 aliphatic rings. The number of phenols is 1. The van der Waals surface area contributed by atoms with Gasteiger partial charge in [-0.25, -0.2) is 14.2 Å². The summed E-state index contributed by atoms with van der Waals surface area (Å²) in [4.78, 5) is 61.8. The smallest absolute Gasteiger partial charge is 0.341 e. The number of phenolic OH excluding ortho intramolecular Hbond substituents is 1. The number of piperidine rings is 1. The van der Waals surface area contributed by atoms with E-state index in [0.29, 0.717) is 47.7 Å². The van der Waals surface area contributed by atoms with Crippen LogP contribution in [0, 0.1) is 17.7 Å². The van der Waals surface area contributed by atoms with Crippen molar-refractivity contribution in [3.63, 3.8) is 0 Å². The van der Waals surface area contributed by atoms with E-state index in [4.69, 9.17) is 20.9 Å². The number of piperazine rings is 1. The van der Waals surface area contributed by atoms with Gasteiger partial charge in [0.05, 0.1) is 24.1 Å². The number of benzene rings is 2. The number of allylic oxidation sites excluding steroid dienone is 1. The van der Waals surface area contributed by atoms with Crippen molar-refractivity contribution in [3.8, 4) is 5.75 Å². The fourth-order valence-corrected chi connectivity index (χ4v) is 9.33. The molecule has 19 heteroatoms. The Bertz CT molecular complexity index is 2790. The van der Waals surface area contributed by atoms with Gasteiger partial charge in [-0.05, 0) is 98.7 Å². The van der Waals surface area contributed by atoms with Gasteiger partial charge in [0.2, 0.25) is 11.4 Å². The summed E-state index contributed by atoms with van der Waals surface area (Å²) in [7, 11) is 0. The Morgan fingerprint density at radius 2 is 1.82 bits per heavy atom. The SMILES string of the molecule is CC(C)=CCN1CC[C@@]2(C)c3cc(O)ccc3C[C@@H]1[C@@H]2C.CC(C)[C@H](N)C(=O)OCCOCn1cnc2c(=O)[nH]c(N)nc21.O=C(O)c1cn(C2CC2)c2cc(N3CCNCC3)c(F)cc2c1=O. The molecule has 2 saturated heterocycles. The van der Waals surface area contributed by atoms with Gasteiger partial charge in [0.15, 0.2) is 11.2 Å². The molecule has 5 aromatic rings. The maximum absolute atomic E-state index is 14.6. The highest BCUT2D eigenvalue weighted by atomic mass is 19.1. The zero-order chi connectivity index (χ0) is 49.0. The van der Waals surface area contributed by atoms with Crippen molar-refractivity contribution in [3.05, 3.63) is 97.6 Å². The Balaban J connectivity index is 0.000000151. The first kappa shape index (κ1) is 49.7. The highest BCUT2D eigenvalue weighted by molar-refractivity contribution is 5.93. The quantitative estimate of drug-likeness (QED) is 0.0565. The van der Waals surface area contributed by atoms with Gasteiger partial charge < -0.3 is 45.9 Å². The number of aromatic carboxylic acids is 1. The number of hydrogen-bond donors (Lipinski definition) is 6. The van der Waals surface area contributed by atoms with Crippen molar-refractivity contribution < 1.29 is 33.7 Å². The largest absolute Gasteiger partial charge is 0.508 e. The van der Waals surface area contributed by atoms with Crippen molar-refractivity contribution in [2.75, 3.05) is 63.1 Å². The number of nitrogens with one attached hydrogen (secondary N) is 2. The highest BCUT2D eigenvalue weighted by Gasteiger charge is 2.48. The second kappa shape index (κ2) is 21.0. The van der Waals surface area contributed by atoms with Crippen LogP contribution in [0.5, 0.6) is 5.75 Å². The second-order valence-corrected chi connectivity index (χ2v) is 19.0. The first-order chi connectivity index (χ1) is 32.4. The molecule has 68 heavy (non-hydrogen) atoms. The number of ether oxygens (including phenoxy) is 2. The summed E-state index contributed by atoms with van der Waals surface area (Å²) in [6.45, 7) is 18.4. The van der Waals surface area contributed by atoms with E-state index >= 15 is 0 Å². The fourth-order valence-electron chi connectivity index (χ4n) is 9.33. The molecular weight excluding hydrogens is 876 g/mol. The maximum atomic E-state index is 14.6. The number of aromatic hydroxyl groups is 1. The molecule has 366 valence electrons. The molecule has 1 saturated carbocycles. The molecule has 0 spiro atoms. The fraction of sp³-hybridized carbons (Fsp3) is 0.510. The molecule has 4 atom stereocenters. The van der Waals surface area contributed by atoms with Gasteiger partial charge in [0, 0.05) is 56.4 Å². The van der Waals surface area contributed by atoms with Crippen molar-refractivity contribution >= 4 is 45.6 Å². The number of halogens is 1. The van der Waals surface area contributed by atoms with E-state index in [2.05, 4.69) is 65.0 Å². The van der Waals surface area contributed by atoms with E-state index in [0.717, 1.165) is 45.4 Å². The van der Waals surface area contributed by atoms with E-state index in [-0.39, 0.29) is 59.7 Å². The number of nitrogens with zero attached hydrogens (tertiary/aromatic N) is 6. The highest BCUT2D eigenvalue weighted by Crippen LogP contribution is 2.49. The Morgan fingerprint density at radius 3 is 2.50 bits per heavy atom. The normalized spacial score (nSPS) is 20.5. The number of esters is 1.